The molecule has 0 radical (unpaired) electrons. The maximum Gasteiger partial charge on any atom is 0.265 e. The fourth-order valence-corrected chi connectivity index (χ4v) is 3.99. The standard InChI is InChI=1S/C19H20N6O/c26-18-16-3-1-2-4-17(16)22-13-25(18)15-11-20-19(21-12-15)24-10-9-23-7-5-14(24)6-8-23/h1-4,11-14H,5-10H2. The van der Waals surface area contributed by atoms with E-state index in [1.54, 1.807) is 24.8 Å². The van der Waals surface area contributed by atoms with Gasteiger partial charge in [-0.05, 0) is 25.0 Å². The molecule has 3 aliphatic heterocycles. The second kappa shape index (κ2) is 6.17. The first-order chi connectivity index (χ1) is 12.8. The summed E-state index contributed by atoms with van der Waals surface area (Å²) < 4.78 is 1.51. The normalized spacial score (nSPS) is 22.5. The van der Waals surface area contributed by atoms with Gasteiger partial charge in [0.2, 0.25) is 5.95 Å². The van der Waals surface area contributed by atoms with Gasteiger partial charge in [-0.2, -0.15) is 0 Å². The Kier molecular flexibility index (Phi) is 3.67. The molecule has 0 unspecified atom stereocenters. The largest absolute Gasteiger partial charge is 0.336 e. The Morgan fingerprint density at radius 2 is 1.69 bits per heavy atom. The van der Waals surface area contributed by atoms with Crippen molar-refractivity contribution in [3.63, 3.8) is 0 Å². The molecule has 3 aromatic rings. The molecule has 0 spiro atoms. The summed E-state index contributed by atoms with van der Waals surface area (Å²) in [6.07, 6.45) is 7.32. The third-order valence-electron chi connectivity index (χ3n) is 5.48. The molecule has 0 amide bonds. The number of benzene rings is 1. The predicted octanol–water partition coefficient (Wildman–Crippen LogP) is 1.46. The molecule has 7 heteroatoms. The van der Waals surface area contributed by atoms with Crippen LogP contribution >= 0.6 is 0 Å². The van der Waals surface area contributed by atoms with Crippen LogP contribution in [0, 0.1) is 0 Å². The fourth-order valence-electron chi connectivity index (χ4n) is 3.99. The highest BCUT2D eigenvalue weighted by Gasteiger charge is 2.30. The van der Waals surface area contributed by atoms with E-state index >= 15 is 0 Å². The predicted molar refractivity (Wildman–Crippen MR) is 99.7 cm³/mol. The van der Waals surface area contributed by atoms with E-state index in [2.05, 4.69) is 24.8 Å². The zero-order valence-electron chi connectivity index (χ0n) is 14.5. The van der Waals surface area contributed by atoms with Crippen molar-refractivity contribution in [2.45, 2.75) is 18.9 Å². The minimum absolute atomic E-state index is 0.104. The lowest BCUT2D eigenvalue weighted by molar-refractivity contribution is 0.250. The van der Waals surface area contributed by atoms with E-state index in [9.17, 15) is 4.79 Å². The lowest BCUT2D eigenvalue weighted by Gasteiger charge is -2.31. The molecule has 3 saturated heterocycles. The van der Waals surface area contributed by atoms with E-state index in [4.69, 9.17) is 0 Å². The van der Waals surface area contributed by atoms with Gasteiger partial charge in [0.05, 0.1) is 29.0 Å². The number of rotatable bonds is 2. The van der Waals surface area contributed by atoms with Crippen LogP contribution in [0.25, 0.3) is 16.6 Å². The summed E-state index contributed by atoms with van der Waals surface area (Å²) >= 11 is 0. The van der Waals surface area contributed by atoms with E-state index in [0.717, 1.165) is 32.1 Å². The molecule has 7 nitrogen and oxygen atoms in total. The molecule has 3 fully saturated rings. The average molecular weight is 348 g/mol. The van der Waals surface area contributed by atoms with Crippen molar-refractivity contribution in [1.82, 2.24) is 24.4 Å². The smallest absolute Gasteiger partial charge is 0.265 e. The van der Waals surface area contributed by atoms with Gasteiger partial charge >= 0.3 is 0 Å². The third kappa shape index (κ3) is 2.55. The van der Waals surface area contributed by atoms with Gasteiger partial charge in [0.25, 0.3) is 5.56 Å². The van der Waals surface area contributed by atoms with Crippen molar-refractivity contribution in [2.75, 3.05) is 31.1 Å². The van der Waals surface area contributed by atoms with Crippen LogP contribution in [-0.2, 0) is 0 Å². The van der Waals surface area contributed by atoms with Crippen LogP contribution in [0.4, 0.5) is 5.95 Å². The first-order valence-corrected chi connectivity index (χ1v) is 9.07. The van der Waals surface area contributed by atoms with Crippen LogP contribution in [0.15, 0.2) is 47.8 Å². The van der Waals surface area contributed by atoms with Crippen LogP contribution in [0.2, 0.25) is 0 Å². The molecule has 5 heterocycles. The first-order valence-electron chi connectivity index (χ1n) is 9.07. The number of hydrogen-bond donors (Lipinski definition) is 0. The lowest BCUT2D eigenvalue weighted by atomic mass is 10.1. The van der Waals surface area contributed by atoms with Crippen molar-refractivity contribution < 1.29 is 0 Å². The van der Waals surface area contributed by atoms with Crippen molar-refractivity contribution in [2.24, 2.45) is 0 Å². The summed E-state index contributed by atoms with van der Waals surface area (Å²) in [5.41, 5.74) is 1.23. The monoisotopic (exact) mass is 348 g/mol. The van der Waals surface area contributed by atoms with Gasteiger partial charge in [-0.3, -0.25) is 9.36 Å². The van der Waals surface area contributed by atoms with Crippen molar-refractivity contribution in [1.29, 1.82) is 0 Å². The molecule has 1 aromatic carbocycles. The van der Waals surface area contributed by atoms with Gasteiger partial charge in [-0.1, -0.05) is 12.1 Å². The van der Waals surface area contributed by atoms with E-state index in [1.165, 1.54) is 17.4 Å². The second-order valence-electron chi connectivity index (χ2n) is 6.94. The van der Waals surface area contributed by atoms with E-state index in [1.807, 2.05) is 18.2 Å². The van der Waals surface area contributed by atoms with Crippen LogP contribution in [0.3, 0.4) is 0 Å². The van der Waals surface area contributed by atoms with Crippen molar-refractivity contribution in [3.8, 4) is 5.69 Å². The molecule has 3 aliphatic rings. The molecule has 0 atom stereocenters. The number of aromatic nitrogens is 4. The SMILES string of the molecule is O=c1c2ccccc2ncn1-c1cnc(N2CCN3CCC2CC3)nc1. The number of piperidine rings is 1. The topological polar surface area (TPSA) is 67.2 Å². The summed E-state index contributed by atoms with van der Waals surface area (Å²) in [5, 5.41) is 0.595. The average Bonchev–Trinajstić information content (AvgIpc) is 3.03. The molecule has 132 valence electrons. The molecular formula is C19H20N6O. The summed E-state index contributed by atoms with van der Waals surface area (Å²) in [6.45, 7) is 4.35. The van der Waals surface area contributed by atoms with Crippen LogP contribution in [0.1, 0.15) is 12.8 Å². The van der Waals surface area contributed by atoms with E-state index < -0.39 is 0 Å². The molecule has 26 heavy (non-hydrogen) atoms. The molecule has 6 rings (SSSR count). The van der Waals surface area contributed by atoms with Gasteiger partial charge in [0, 0.05) is 32.2 Å². The Balaban J connectivity index is 1.49. The highest BCUT2D eigenvalue weighted by Crippen LogP contribution is 2.24. The van der Waals surface area contributed by atoms with Gasteiger partial charge in [-0.25, -0.2) is 15.0 Å². The number of fused-ring (bicyclic) bond motifs is 5. The minimum atomic E-state index is -0.104. The molecule has 2 bridgehead atoms. The number of anilines is 1. The van der Waals surface area contributed by atoms with Crippen LogP contribution in [-0.4, -0.2) is 56.6 Å². The second-order valence-corrected chi connectivity index (χ2v) is 6.94. The summed E-state index contributed by atoms with van der Waals surface area (Å²) in [4.78, 5) is 31.0. The molecular weight excluding hydrogens is 328 g/mol. The Morgan fingerprint density at radius 1 is 0.923 bits per heavy atom. The fraction of sp³-hybridized carbons (Fsp3) is 0.368. The molecule has 0 N–H and O–H groups in total. The maximum absolute atomic E-state index is 12.7. The number of para-hydroxylation sites is 1. The summed E-state index contributed by atoms with van der Waals surface area (Å²) in [6, 6.07) is 7.87. The summed E-state index contributed by atoms with van der Waals surface area (Å²) in [7, 11) is 0. The number of hydrogen-bond acceptors (Lipinski definition) is 6. The zero-order valence-corrected chi connectivity index (χ0v) is 14.5. The molecule has 2 aromatic heterocycles. The zero-order chi connectivity index (χ0) is 17.5. The highest BCUT2D eigenvalue weighted by molar-refractivity contribution is 5.77. The Bertz CT molecular complexity index is 991. The van der Waals surface area contributed by atoms with Gasteiger partial charge < -0.3 is 9.80 Å². The van der Waals surface area contributed by atoms with Crippen LogP contribution < -0.4 is 10.5 Å². The Hall–Kier alpha value is -2.80. The van der Waals surface area contributed by atoms with Gasteiger partial charge in [-0.15, -0.1) is 0 Å². The quantitative estimate of drug-likeness (QED) is 0.698. The van der Waals surface area contributed by atoms with Crippen molar-refractivity contribution in [3.05, 3.63) is 53.3 Å². The third-order valence-corrected chi connectivity index (χ3v) is 5.48. The summed E-state index contributed by atoms with van der Waals surface area (Å²) in [5.74, 6) is 0.754. The van der Waals surface area contributed by atoms with Gasteiger partial charge in [0.15, 0.2) is 0 Å². The lowest BCUT2D eigenvalue weighted by Crippen LogP contribution is -2.38. The molecule has 0 saturated carbocycles. The Labute approximate surface area is 150 Å². The maximum atomic E-state index is 12.7. The van der Waals surface area contributed by atoms with Crippen LogP contribution in [0.5, 0.6) is 0 Å². The molecule has 0 aliphatic carbocycles. The van der Waals surface area contributed by atoms with E-state index in [0.29, 0.717) is 22.6 Å². The minimum Gasteiger partial charge on any atom is -0.336 e. The van der Waals surface area contributed by atoms with Crippen molar-refractivity contribution >= 4 is 16.9 Å². The van der Waals surface area contributed by atoms with Gasteiger partial charge in [0.1, 0.15) is 6.33 Å². The number of nitrogens with zero attached hydrogens (tertiary/aromatic N) is 6. The van der Waals surface area contributed by atoms with E-state index in [-0.39, 0.29) is 5.56 Å². The highest BCUT2D eigenvalue weighted by atomic mass is 16.1. The Morgan fingerprint density at radius 3 is 2.50 bits per heavy atom. The first kappa shape index (κ1) is 15.5.